The van der Waals surface area contributed by atoms with Crippen LogP contribution in [-0.4, -0.2) is 31.2 Å². The van der Waals surface area contributed by atoms with Gasteiger partial charge in [-0.05, 0) is 19.1 Å². The van der Waals surface area contributed by atoms with Gasteiger partial charge in [0.15, 0.2) is 11.5 Å². The van der Waals surface area contributed by atoms with E-state index in [0.29, 0.717) is 23.8 Å². The maximum absolute atomic E-state index is 11.0. The smallest absolute Gasteiger partial charge is 0.235 e. The fraction of sp³-hybridized carbons (Fsp3) is 0.417. The van der Waals surface area contributed by atoms with E-state index in [9.17, 15) is 4.79 Å². The van der Waals surface area contributed by atoms with Gasteiger partial charge < -0.3 is 19.5 Å². The lowest BCUT2D eigenvalue weighted by Gasteiger charge is -2.15. The number of hydrogen-bond donors (Lipinski definition) is 1. The molecule has 1 aliphatic heterocycles. The fourth-order valence-electron chi connectivity index (χ4n) is 1.53. The van der Waals surface area contributed by atoms with Gasteiger partial charge in [0, 0.05) is 6.07 Å². The molecule has 1 heterocycles. The molecule has 98 valence electrons. The van der Waals surface area contributed by atoms with Crippen molar-refractivity contribution >= 4 is 17.5 Å². The van der Waals surface area contributed by atoms with Crippen molar-refractivity contribution in [1.29, 1.82) is 0 Å². The molecule has 1 N–H and O–H groups in total. The van der Waals surface area contributed by atoms with Gasteiger partial charge in [-0.15, -0.1) is 11.6 Å². The molecule has 1 amide bonds. The van der Waals surface area contributed by atoms with Crippen LogP contribution in [0.1, 0.15) is 6.92 Å². The summed E-state index contributed by atoms with van der Waals surface area (Å²) in [6.45, 7) is 2.50. The molecule has 1 aromatic carbocycles. The van der Waals surface area contributed by atoms with Crippen LogP contribution in [0.25, 0.3) is 0 Å². The second-order valence-electron chi connectivity index (χ2n) is 3.88. The zero-order valence-electron chi connectivity index (χ0n) is 9.94. The van der Waals surface area contributed by atoms with Crippen LogP contribution in [0.2, 0.25) is 0 Å². The number of carbonyl (C=O) groups excluding carboxylic acids is 1. The number of amides is 1. The molecule has 0 saturated heterocycles. The first-order valence-electron chi connectivity index (χ1n) is 5.58. The molecule has 2 rings (SSSR count). The van der Waals surface area contributed by atoms with Crippen molar-refractivity contribution in [2.24, 2.45) is 0 Å². The molecular formula is C12H14ClNO4. The predicted molar refractivity (Wildman–Crippen MR) is 66.4 cm³/mol. The van der Waals surface area contributed by atoms with E-state index < -0.39 is 0 Å². The maximum atomic E-state index is 11.0. The zero-order chi connectivity index (χ0) is 13.0. The molecule has 1 unspecified atom stereocenters. The summed E-state index contributed by atoms with van der Waals surface area (Å²) >= 11 is 5.38. The van der Waals surface area contributed by atoms with Crippen LogP contribution in [0.5, 0.6) is 17.2 Å². The van der Waals surface area contributed by atoms with Crippen molar-refractivity contribution < 1.29 is 19.0 Å². The van der Waals surface area contributed by atoms with Crippen LogP contribution in [0, 0.1) is 0 Å². The molecule has 18 heavy (non-hydrogen) atoms. The molecule has 0 radical (unpaired) electrons. The van der Waals surface area contributed by atoms with E-state index in [1.807, 2.05) is 6.92 Å². The third-order valence-electron chi connectivity index (χ3n) is 2.39. The van der Waals surface area contributed by atoms with E-state index >= 15 is 0 Å². The van der Waals surface area contributed by atoms with E-state index in [-0.39, 0.29) is 24.7 Å². The molecule has 0 aliphatic carbocycles. The molecule has 5 nitrogen and oxygen atoms in total. The number of ether oxygens (including phenoxy) is 3. The van der Waals surface area contributed by atoms with Gasteiger partial charge in [-0.1, -0.05) is 0 Å². The van der Waals surface area contributed by atoms with Crippen LogP contribution in [-0.2, 0) is 4.79 Å². The molecule has 0 fully saturated rings. The Bertz CT molecular complexity index is 438. The summed E-state index contributed by atoms with van der Waals surface area (Å²) in [7, 11) is 0. The maximum Gasteiger partial charge on any atom is 0.235 e. The van der Waals surface area contributed by atoms with Crippen molar-refractivity contribution in [3.8, 4) is 17.2 Å². The normalized spacial score (nSPS) is 14.1. The van der Waals surface area contributed by atoms with E-state index in [4.69, 9.17) is 25.8 Å². The second kappa shape index (κ2) is 5.82. The number of rotatable bonds is 5. The molecule has 1 aliphatic rings. The van der Waals surface area contributed by atoms with Crippen molar-refractivity contribution in [2.45, 2.75) is 13.0 Å². The molecule has 0 saturated carbocycles. The van der Waals surface area contributed by atoms with E-state index in [1.165, 1.54) is 0 Å². The predicted octanol–water partition coefficient (Wildman–Crippen LogP) is 1.54. The average Bonchev–Trinajstić information content (AvgIpc) is 2.83. The minimum absolute atomic E-state index is 0.0449. The standard InChI is InChI=1S/C12H14ClNO4/c1-8(6-14-12(15)5-13)18-9-2-3-10-11(4-9)17-7-16-10/h2-4,8H,5-7H2,1H3,(H,14,15). The molecule has 6 heteroatoms. The van der Waals surface area contributed by atoms with Crippen molar-refractivity contribution in [2.75, 3.05) is 19.2 Å². The molecule has 0 spiro atoms. The Morgan fingerprint density at radius 3 is 3.06 bits per heavy atom. The van der Waals surface area contributed by atoms with Crippen LogP contribution in [0.15, 0.2) is 18.2 Å². The summed E-state index contributed by atoms with van der Waals surface area (Å²) < 4.78 is 16.1. The minimum atomic E-state index is -0.210. The third-order valence-corrected chi connectivity index (χ3v) is 2.63. The monoisotopic (exact) mass is 271 g/mol. The first-order chi connectivity index (χ1) is 8.69. The highest BCUT2D eigenvalue weighted by molar-refractivity contribution is 6.27. The number of alkyl halides is 1. The molecule has 1 aromatic rings. The van der Waals surface area contributed by atoms with Gasteiger partial charge in [-0.2, -0.15) is 0 Å². The summed E-state index contributed by atoms with van der Waals surface area (Å²) in [4.78, 5) is 11.0. The Kier molecular flexibility index (Phi) is 4.15. The Balaban J connectivity index is 1.87. The quantitative estimate of drug-likeness (QED) is 0.826. The average molecular weight is 272 g/mol. The van der Waals surface area contributed by atoms with Crippen molar-refractivity contribution in [3.63, 3.8) is 0 Å². The number of carbonyl (C=O) groups is 1. The van der Waals surface area contributed by atoms with Gasteiger partial charge >= 0.3 is 0 Å². The number of benzene rings is 1. The number of hydrogen-bond acceptors (Lipinski definition) is 4. The summed E-state index contributed by atoms with van der Waals surface area (Å²) in [5.74, 6) is 1.80. The van der Waals surface area contributed by atoms with Crippen LogP contribution >= 0.6 is 11.6 Å². The number of nitrogens with one attached hydrogen (secondary N) is 1. The first kappa shape index (κ1) is 12.8. The van der Waals surface area contributed by atoms with Crippen molar-refractivity contribution in [3.05, 3.63) is 18.2 Å². The van der Waals surface area contributed by atoms with Gasteiger partial charge in [0.05, 0.1) is 6.54 Å². The van der Waals surface area contributed by atoms with E-state index in [1.54, 1.807) is 18.2 Å². The lowest BCUT2D eigenvalue weighted by molar-refractivity contribution is -0.119. The Labute approximate surface area is 110 Å². The van der Waals surface area contributed by atoms with E-state index in [0.717, 1.165) is 0 Å². The highest BCUT2D eigenvalue weighted by Gasteiger charge is 2.14. The molecule has 1 atom stereocenters. The molecular weight excluding hydrogens is 258 g/mol. The Hall–Kier alpha value is -1.62. The molecule has 0 bridgehead atoms. The summed E-state index contributed by atoms with van der Waals surface area (Å²) in [6.07, 6.45) is -0.155. The lowest BCUT2D eigenvalue weighted by atomic mass is 10.3. The highest BCUT2D eigenvalue weighted by atomic mass is 35.5. The highest BCUT2D eigenvalue weighted by Crippen LogP contribution is 2.35. The number of halogens is 1. The summed E-state index contributed by atoms with van der Waals surface area (Å²) in [5.41, 5.74) is 0. The van der Waals surface area contributed by atoms with Gasteiger partial charge in [-0.25, -0.2) is 0 Å². The van der Waals surface area contributed by atoms with Gasteiger partial charge in [0.2, 0.25) is 12.7 Å². The first-order valence-corrected chi connectivity index (χ1v) is 6.11. The zero-order valence-corrected chi connectivity index (χ0v) is 10.7. The number of fused-ring (bicyclic) bond motifs is 1. The largest absolute Gasteiger partial charge is 0.489 e. The molecule has 0 aromatic heterocycles. The van der Waals surface area contributed by atoms with Crippen LogP contribution in [0.3, 0.4) is 0 Å². The topological polar surface area (TPSA) is 56.8 Å². The summed E-state index contributed by atoms with van der Waals surface area (Å²) in [6, 6.07) is 5.36. The Morgan fingerprint density at radius 2 is 2.28 bits per heavy atom. The summed E-state index contributed by atoms with van der Waals surface area (Å²) in [5, 5.41) is 2.65. The SMILES string of the molecule is CC(CNC(=O)CCl)Oc1ccc2c(c1)OCO2. The second-order valence-corrected chi connectivity index (χ2v) is 4.15. The van der Waals surface area contributed by atoms with Gasteiger partial charge in [-0.3, -0.25) is 4.79 Å². The third kappa shape index (κ3) is 3.20. The van der Waals surface area contributed by atoms with E-state index in [2.05, 4.69) is 5.32 Å². The van der Waals surface area contributed by atoms with Crippen LogP contribution < -0.4 is 19.5 Å². The van der Waals surface area contributed by atoms with Crippen LogP contribution in [0.4, 0.5) is 0 Å². The minimum Gasteiger partial charge on any atom is -0.489 e. The van der Waals surface area contributed by atoms with Gasteiger partial charge in [0.1, 0.15) is 17.7 Å². The lowest BCUT2D eigenvalue weighted by Crippen LogP contribution is -2.34. The fourth-order valence-corrected chi connectivity index (χ4v) is 1.62. The van der Waals surface area contributed by atoms with Crippen molar-refractivity contribution in [1.82, 2.24) is 5.32 Å². The Morgan fingerprint density at radius 1 is 1.50 bits per heavy atom. The van der Waals surface area contributed by atoms with Gasteiger partial charge in [0.25, 0.3) is 0 Å².